The zero-order valence-electron chi connectivity index (χ0n) is 22.5. The molecule has 39 heavy (non-hydrogen) atoms. The predicted molar refractivity (Wildman–Crippen MR) is 148 cm³/mol. The van der Waals surface area contributed by atoms with Crippen LogP contribution in [-0.2, 0) is 9.57 Å². The molecular weight excluding hydrogens is 503 g/mol. The fourth-order valence-electron chi connectivity index (χ4n) is 4.07. The van der Waals surface area contributed by atoms with Crippen LogP contribution in [0, 0.1) is 18.7 Å². The van der Waals surface area contributed by atoms with Gasteiger partial charge in [0.25, 0.3) is 11.8 Å². The van der Waals surface area contributed by atoms with Gasteiger partial charge in [0.1, 0.15) is 11.6 Å². The van der Waals surface area contributed by atoms with E-state index in [1.807, 2.05) is 4.90 Å². The number of hydroxylamine groups is 1. The zero-order valence-corrected chi connectivity index (χ0v) is 22.5. The molecule has 3 heterocycles. The summed E-state index contributed by atoms with van der Waals surface area (Å²) in [6.07, 6.45) is 2.98. The largest absolute Gasteiger partial charge is 0.378 e. The molecule has 0 unspecified atom stereocenters. The van der Waals surface area contributed by atoms with E-state index in [2.05, 4.69) is 34.4 Å². The van der Waals surface area contributed by atoms with Gasteiger partial charge < -0.3 is 20.3 Å². The number of amides is 2. The molecule has 0 atom stereocenters. The Bertz CT molecular complexity index is 1310. The van der Waals surface area contributed by atoms with E-state index in [1.54, 1.807) is 25.1 Å². The van der Waals surface area contributed by atoms with E-state index in [0.29, 0.717) is 55.1 Å². The number of morpholine rings is 1. The molecule has 2 N–H and O–H groups in total. The van der Waals surface area contributed by atoms with Gasteiger partial charge in [0.15, 0.2) is 0 Å². The summed E-state index contributed by atoms with van der Waals surface area (Å²) in [6, 6.07) is 9.21. The molecule has 0 spiro atoms. The standard InChI is InChI=1S/C28H33FN6O4/c1-18(2)15-31-26-6-5-23(17-32-26)35(38-4)28(37)25-14-22(16-30-19(25)3)33-27(36)20-11-21(29)13-24(12-20)34-7-9-39-10-8-34/h5-6,11-14,16-18H,7-10,15H2,1-4H3,(H,31,32)(H,33,36). The van der Waals surface area contributed by atoms with E-state index in [4.69, 9.17) is 9.57 Å². The minimum atomic E-state index is -0.523. The number of pyridine rings is 2. The van der Waals surface area contributed by atoms with Gasteiger partial charge in [-0.25, -0.2) is 9.37 Å². The number of rotatable bonds is 9. The second kappa shape index (κ2) is 12.6. The highest BCUT2D eigenvalue weighted by Crippen LogP contribution is 2.23. The number of carbonyl (C=O) groups excluding carboxylic acids is 2. The number of nitrogens with zero attached hydrogens (tertiary/aromatic N) is 4. The van der Waals surface area contributed by atoms with E-state index < -0.39 is 17.6 Å². The van der Waals surface area contributed by atoms with Gasteiger partial charge in [0, 0.05) is 30.9 Å². The number of hydrogen-bond donors (Lipinski definition) is 2. The molecule has 0 saturated carbocycles. The summed E-state index contributed by atoms with van der Waals surface area (Å²) in [5.74, 6) is -0.377. The lowest BCUT2D eigenvalue weighted by molar-refractivity contribution is 0.0771. The first-order chi connectivity index (χ1) is 18.7. The Kier molecular flexibility index (Phi) is 9.05. The van der Waals surface area contributed by atoms with E-state index in [9.17, 15) is 14.0 Å². The first-order valence-corrected chi connectivity index (χ1v) is 12.7. The molecule has 1 aromatic carbocycles. The maximum Gasteiger partial charge on any atom is 0.284 e. The van der Waals surface area contributed by atoms with Gasteiger partial charge in [-0.1, -0.05) is 13.8 Å². The fourth-order valence-corrected chi connectivity index (χ4v) is 4.07. The highest BCUT2D eigenvalue weighted by atomic mass is 19.1. The van der Waals surface area contributed by atoms with Gasteiger partial charge in [0.05, 0.1) is 55.3 Å². The summed E-state index contributed by atoms with van der Waals surface area (Å²) < 4.78 is 19.7. The van der Waals surface area contributed by atoms with E-state index >= 15 is 0 Å². The summed E-state index contributed by atoms with van der Waals surface area (Å²) in [5.41, 5.74) is 2.15. The summed E-state index contributed by atoms with van der Waals surface area (Å²) in [7, 11) is 1.38. The van der Waals surface area contributed by atoms with Gasteiger partial charge >= 0.3 is 0 Å². The third-order valence-corrected chi connectivity index (χ3v) is 6.14. The van der Waals surface area contributed by atoms with Crippen molar-refractivity contribution in [2.75, 3.05) is 60.6 Å². The van der Waals surface area contributed by atoms with Gasteiger partial charge in [-0.3, -0.25) is 19.4 Å². The summed E-state index contributed by atoms with van der Waals surface area (Å²) in [5, 5.41) is 7.05. The molecule has 0 aliphatic carbocycles. The van der Waals surface area contributed by atoms with Crippen LogP contribution in [0.4, 0.5) is 27.3 Å². The Labute approximate surface area is 227 Å². The normalized spacial score (nSPS) is 13.3. The van der Waals surface area contributed by atoms with Crippen molar-refractivity contribution < 1.29 is 23.6 Å². The second-order valence-corrected chi connectivity index (χ2v) is 9.57. The van der Waals surface area contributed by atoms with Crippen molar-refractivity contribution in [3.8, 4) is 0 Å². The van der Waals surface area contributed by atoms with Crippen LogP contribution in [0.2, 0.25) is 0 Å². The first kappa shape index (κ1) is 27.9. The van der Waals surface area contributed by atoms with Crippen LogP contribution in [0.1, 0.15) is 40.3 Å². The number of aryl methyl sites for hydroxylation is 1. The van der Waals surface area contributed by atoms with Crippen molar-refractivity contribution in [1.82, 2.24) is 9.97 Å². The third-order valence-electron chi connectivity index (χ3n) is 6.14. The third kappa shape index (κ3) is 7.06. The lowest BCUT2D eigenvalue weighted by Crippen LogP contribution is -2.36. The number of nitrogens with one attached hydrogen (secondary N) is 2. The van der Waals surface area contributed by atoms with Crippen LogP contribution in [0.15, 0.2) is 48.8 Å². The molecule has 2 aromatic heterocycles. The van der Waals surface area contributed by atoms with Crippen molar-refractivity contribution in [3.05, 3.63) is 71.4 Å². The van der Waals surface area contributed by atoms with Crippen LogP contribution in [-0.4, -0.2) is 61.7 Å². The summed E-state index contributed by atoms with van der Waals surface area (Å²) in [6.45, 7) is 8.95. The van der Waals surface area contributed by atoms with Crippen LogP contribution in [0.25, 0.3) is 0 Å². The monoisotopic (exact) mass is 536 g/mol. The molecular formula is C28H33FN6O4. The zero-order chi connectivity index (χ0) is 27.9. The molecule has 0 bridgehead atoms. The van der Waals surface area contributed by atoms with Crippen LogP contribution >= 0.6 is 0 Å². The molecule has 0 radical (unpaired) electrons. The molecule has 10 nitrogen and oxygen atoms in total. The maximum absolute atomic E-state index is 14.4. The van der Waals surface area contributed by atoms with Crippen LogP contribution in [0.5, 0.6) is 0 Å². The minimum Gasteiger partial charge on any atom is -0.378 e. The lowest BCUT2D eigenvalue weighted by atomic mass is 10.1. The molecule has 11 heteroatoms. The predicted octanol–water partition coefficient (Wildman–Crippen LogP) is 4.29. The van der Waals surface area contributed by atoms with Crippen LogP contribution in [0.3, 0.4) is 0 Å². The first-order valence-electron chi connectivity index (χ1n) is 12.7. The SMILES string of the molecule is CON(C(=O)c1cc(NC(=O)c2cc(F)cc(N3CCOCC3)c2)cnc1C)c1ccc(NCC(C)C)nc1. The molecule has 206 valence electrons. The number of benzene rings is 1. The second-order valence-electron chi connectivity index (χ2n) is 9.57. The molecule has 1 saturated heterocycles. The average molecular weight is 537 g/mol. The minimum absolute atomic E-state index is 0.153. The molecule has 1 aliphatic rings. The lowest BCUT2D eigenvalue weighted by Gasteiger charge is -2.29. The molecule has 1 fully saturated rings. The smallest absolute Gasteiger partial charge is 0.284 e. The molecule has 4 rings (SSSR count). The molecule has 2 amide bonds. The number of hydrogen-bond acceptors (Lipinski definition) is 8. The number of ether oxygens (including phenoxy) is 1. The van der Waals surface area contributed by atoms with Crippen molar-refractivity contribution in [3.63, 3.8) is 0 Å². The van der Waals surface area contributed by atoms with Crippen molar-refractivity contribution in [1.29, 1.82) is 0 Å². The van der Waals surface area contributed by atoms with E-state index in [1.165, 1.54) is 37.7 Å². The van der Waals surface area contributed by atoms with Crippen molar-refractivity contribution in [2.45, 2.75) is 20.8 Å². The van der Waals surface area contributed by atoms with Crippen molar-refractivity contribution in [2.24, 2.45) is 5.92 Å². The van der Waals surface area contributed by atoms with Crippen molar-refractivity contribution >= 4 is 34.7 Å². The van der Waals surface area contributed by atoms with Crippen LogP contribution < -0.4 is 20.6 Å². The molecule has 1 aliphatic heterocycles. The number of anilines is 4. The number of aromatic nitrogens is 2. The Morgan fingerprint density at radius 3 is 2.56 bits per heavy atom. The Hall–Kier alpha value is -4.09. The topological polar surface area (TPSA) is 109 Å². The number of halogens is 1. The Morgan fingerprint density at radius 2 is 1.90 bits per heavy atom. The van der Waals surface area contributed by atoms with Gasteiger partial charge in [0.2, 0.25) is 0 Å². The van der Waals surface area contributed by atoms with Gasteiger partial charge in [-0.05, 0) is 49.2 Å². The Morgan fingerprint density at radius 1 is 1.13 bits per heavy atom. The van der Waals surface area contributed by atoms with E-state index in [0.717, 1.165) is 11.6 Å². The maximum atomic E-state index is 14.4. The Balaban J connectivity index is 1.51. The average Bonchev–Trinajstić information content (AvgIpc) is 2.94. The van der Waals surface area contributed by atoms with E-state index in [-0.39, 0.29) is 16.8 Å². The van der Waals surface area contributed by atoms with Gasteiger partial charge in [-0.2, -0.15) is 5.06 Å². The highest BCUT2D eigenvalue weighted by Gasteiger charge is 2.22. The molecule has 3 aromatic rings. The quantitative estimate of drug-likeness (QED) is 0.390. The summed E-state index contributed by atoms with van der Waals surface area (Å²) >= 11 is 0. The highest BCUT2D eigenvalue weighted by molar-refractivity contribution is 6.08. The summed E-state index contributed by atoms with van der Waals surface area (Å²) in [4.78, 5) is 42.4. The number of carbonyl (C=O) groups is 2. The van der Waals surface area contributed by atoms with Gasteiger partial charge in [-0.15, -0.1) is 0 Å². The fraction of sp³-hybridized carbons (Fsp3) is 0.357.